The quantitative estimate of drug-likeness (QED) is 0.865. The molecule has 0 atom stereocenters. The number of hydrogen-bond donors (Lipinski definition) is 2. The van der Waals surface area contributed by atoms with Crippen molar-refractivity contribution in [1.82, 2.24) is 4.98 Å². The lowest BCUT2D eigenvalue weighted by atomic mass is 10.1. The second-order valence-electron chi connectivity index (χ2n) is 5.42. The van der Waals surface area contributed by atoms with Gasteiger partial charge in [-0.25, -0.2) is 9.78 Å². The summed E-state index contributed by atoms with van der Waals surface area (Å²) in [5.74, 6) is -0.418. The molecule has 0 aliphatic carbocycles. The van der Waals surface area contributed by atoms with Gasteiger partial charge in [-0.1, -0.05) is 0 Å². The van der Waals surface area contributed by atoms with E-state index in [1.807, 2.05) is 0 Å². The van der Waals surface area contributed by atoms with Gasteiger partial charge >= 0.3 is 12.1 Å². The van der Waals surface area contributed by atoms with Gasteiger partial charge in [0.15, 0.2) is 0 Å². The normalized spacial score (nSPS) is 10.9. The van der Waals surface area contributed by atoms with E-state index in [0.29, 0.717) is 18.7 Å². The highest BCUT2D eigenvalue weighted by Crippen LogP contribution is 2.12. The number of aliphatic carboxylic acids is 1. The zero-order valence-corrected chi connectivity index (χ0v) is 12.0. The van der Waals surface area contributed by atoms with Crippen molar-refractivity contribution >= 4 is 17.9 Å². The highest BCUT2D eigenvalue weighted by atomic mass is 16.6. The maximum atomic E-state index is 11.6. The fourth-order valence-corrected chi connectivity index (χ4v) is 1.55. The van der Waals surface area contributed by atoms with Gasteiger partial charge in [0.05, 0.1) is 0 Å². The molecule has 1 aromatic heterocycles. The van der Waals surface area contributed by atoms with Crippen LogP contribution in [0.3, 0.4) is 0 Å². The van der Waals surface area contributed by atoms with Gasteiger partial charge in [0.1, 0.15) is 11.4 Å². The van der Waals surface area contributed by atoms with Crippen LogP contribution in [-0.4, -0.2) is 27.8 Å². The van der Waals surface area contributed by atoms with Gasteiger partial charge in [0, 0.05) is 12.6 Å². The van der Waals surface area contributed by atoms with Crippen LogP contribution in [0, 0.1) is 0 Å². The van der Waals surface area contributed by atoms with E-state index in [4.69, 9.17) is 9.84 Å². The first kappa shape index (κ1) is 15.9. The molecular weight excluding hydrogens is 260 g/mol. The summed E-state index contributed by atoms with van der Waals surface area (Å²) < 4.78 is 5.13. The van der Waals surface area contributed by atoms with Crippen LogP contribution in [0.5, 0.6) is 0 Å². The van der Waals surface area contributed by atoms with Crippen molar-refractivity contribution in [3.8, 4) is 0 Å². The highest BCUT2D eigenvalue weighted by Gasteiger charge is 2.16. The van der Waals surface area contributed by atoms with Crippen molar-refractivity contribution in [1.29, 1.82) is 0 Å². The van der Waals surface area contributed by atoms with Gasteiger partial charge in [-0.2, -0.15) is 0 Å². The molecule has 1 heterocycles. The van der Waals surface area contributed by atoms with Gasteiger partial charge < -0.3 is 9.84 Å². The van der Waals surface area contributed by atoms with Crippen LogP contribution < -0.4 is 5.32 Å². The summed E-state index contributed by atoms with van der Waals surface area (Å²) in [7, 11) is 0. The molecule has 1 amide bonds. The second-order valence-corrected chi connectivity index (χ2v) is 5.42. The van der Waals surface area contributed by atoms with E-state index >= 15 is 0 Å². The average molecular weight is 280 g/mol. The van der Waals surface area contributed by atoms with Crippen molar-refractivity contribution in [2.45, 2.75) is 45.6 Å². The Kier molecular flexibility index (Phi) is 5.49. The Labute approximate surface area is 118 Å². The number of rotatable bonds is 5. The predicted octanol–water partition coefficient (Wildman–Crippen LogP) is 2.84. The SMILES string of the molecule is CC(C)(C)OC(=O)Nc1cc(CCCC(=O)O)ccn1. The van der Waals surface area contributed by atoms with Crippen molar-refractivity contribution in [2.75, 3.05) is 5.32 Å². The lowest BCUT2D eigenvalue weighted by molar-refractivity contribution is -0.137. The maximum absolute atomic E-state index is 11.6. The smallest absolute Gasteiger partial charge is 0.413 e. The molecular formula is C14H20N2O4. The van der Waals surface area contributed by atoms with E-state index < -0.39 is 17.7 Å². The molecule has 0 spiro atoms. The van der Waals surface area contributed by atoms with E-state index in [9.17, 15) is 9.59 Å². The van der Waals surface area contributed by atoms with Gasteiger partial charge in [-0.15, -0.1) is 0 Å². The van der Waals surface area contributed by atoms with Gasteiger partial charge in [-0.3, -0.25) is 10.1 Å². The molecule has 110 valence electrons. The number of nitrogens with zero attached hydrogens (tertiary/aromatic N) is 1. The summed E-state index contributed by atoms with van der Waals surface area (Å²) in [6.07, 6.45) is 2.30. The van der Waals surface area contributed by atoms with Crippen molar-refractivity contribution in [2.24, 2.45) is 0 Å². The largest absolute Gasteiger partial charge is 0.481 e. The molecule has 0 fully saturated rings. The Hall–Kier alpha value is -2.11. The van der Waals surface area contributed by atoms with Crippen LogP contribution in [0.25, 0.3) is 0 Å². The molecule has 0 saturated heterocycles. The molecule has 0 radical (unpaired) electrons. The molecule has 6 heteroatoms. The van der Waals surface area contributed by atoms with Gasteiger partial charge in [0.2, 0.25) is 0 Å². The number of carbonyl (C=O) groups is 2. The summed E-state index contributed by atoms with van der Waals surface area (Å²) in [5, 5.41) is 11.1. The zero-order valence-electron chi connectivity index (χ0n) is 12.0. The molecule has 2 N–H and O–H groups in total. The molecule has 0 aliphatic heterocycles. The molecule has 1 aromatic rings. The average Bonchev–Trinajstić information content (AvgIpc) is 2.26. The van der Waals surface area contributed by atoms with E-state index in [0.717, 1.165) is 5.56 Å². The zero-order chi connectivity index (χ0) is 15.2. The third kappa shape index (κ3) is 6.72. The molecule has 1 rings (SSSR count). The second kappa shape index (κ2) is 6.88. The summed E-state index contributed by atoms with van der Waals surface area (Å²) in [5.41, 5.74) is 0.357. The maximum Gasteiger partial charge on any atom is 0.413 e. The van der Waals surface area contributed by atoms with E-state index in [-0.39, 0.29) is 6.42 Å². The number of anilines is 1. The summed E-state index contributed by atoms with van der Waals surface area (Å²) in [6, 6.07) is 3.51. The number of ether oxygens (including phenoxy) is 1. The fraction of sp³-hybridized carbons (Fsp3) is 0.500. The number of carboxylic acid groups (broad SMARTS) is 1. The molecule has 0 unspecified atom stereocenters. The number of carboxylic acids is 1. The summed E-state index contributed by atoms with van der Waals surface area (Å²) in [4.78, 5) is 26.1. The minimum atomic E-state index is -0.814. The number of aromatic nitrogens is 1. The number of hydrogen-bond acceptors (Lipinski definition) is 4. The van der Waals surface area contributed by atoms with E-state index in [1.54, 1.807) is 39.1 Å². The Balaban J connectivity index is 2.55. The number of carbonyl (C=O) groups excluding carboxylic acids is 1. The van der Waals surface area contributed by atoms with Crippen molar-refractivity contribution in [3.05, 3.63) is 23.9 Å². The monoisotopic (exact) mass is 280 g/mol. The number of pyridine rings is 1. The van der Waals surface area contributed by atoms with Crippen LogP contribution in [0.4, 0.5) is 10.6 Å². The Morgan fingerprint density at radius 1 is 1.40 bits per heavy atom. The number of nitrogens with one attached hydrogen (secondary N) is 1. The first-order valence-corrected chi connectivity index (χ1v) is 6.43. The molecule has 0 saturated carbocycles. The van der Waals surface area contributed by atoms with Crippen molar-refractivity contribution in [3.63, 3.8) is 0 Å². The minimum Gasteiger partial charge on any atom is -0.481 e. The van der Waals surface area contributed by atoms with Crippen molar-refractivity contribution < 1.29 is 19.4 Å². The lowest BCUT2D eigenvalue weighted by Crippen LogP contribution is -2.27. The van der Waals surface area contributed by atoms with Gasteiger partial charge in [-0.05, 0) is 51.3 Å². The standard InChI is InChI=1S/C14H20N2O4/c1-14(2,3)20-13(19)16-11-9-10(7-8-15-11)5-4-6-12(17)18/h7-9H,4-6H2,1-3H3,(H,17,18)(H,15,16,19). The number of aryl methyl sites for hydroxylation is 1. The third-order valence-corrected chi connectivity index (χ3v) is 2.31. The summed E-state index contributed by atoms with van der Waals surface area (Å²) in [6.45, 7) is 5.34. The molecule has 0 aliphatic rings. The Morgan fingerprint density at radius 3 is 2.70 bits per heavy atom. The Bertz CT molecular complexity index is 480. The lowest BCUT2D eigenvalue weighted by Gasteiger charge is -2.19. The van der Waals surface area contributed by atoms with Crippen LogP contribution in [0.2, 0.25) is 0 Å². The minimum absolute atomic E-state index is 0.122. The molecule has 20 heavy (non-hydrogen) atoms. The predicted molar refractivity (Wildman–Crippen MR) is 74.7 cm³/mol. The third-order valence-electron chi connectivity index (χ3n) is 2.31. The van der Waals surface area contributed by atoms with Gasteiger partial charge in [0.25, 0.3) is 0 Å². The fourth-order valence-electron chi connectivity index (χ4n) is 1.55. The van der Waals surface area contributed by atoms with Crippen LogP contribution >= 0.6 is 0 Å². The van der Waals surface area contributed by atoms with E-state index in [2.05, 4.69) is 10.3 Å². The highest BCUT2D eigenvalue weighted by molar-refractivity contribution is 5.83. The first-order chi connectivity index (χ1) is 9.26. The van der Waals surface area contributed by atoms with Crippen LogP contribution in [0.1, 0.15) is 39.2 Å². The Morgan fingerprint density at radius 2 is 2.10 bits per heavy atom. The van der Waals surface area contributed by atoms with Crippen LogP contribution in [0.15, 0.2) is 18.3 Å². The summed E-state index contributed by atoms with van der Waals surface area (Å²) >= 11 is 0. The number of amides is 1. The molecule has 0 bridgehead atoms. The topological polar surface area (TPSA) is 88.5 Å². The molecule has 0 aromatic carbocycles. The van der Waals surface area contributed by atoms with E-state index in [1.165, 1.54) is 0 Å². The first-order valence-electron chi connectivity index (χ1n) is 6.43. The molecule has 6 nitrogen and oxygen atoms in total. The van der Waals surface area contributed by atoms with Crippen LogP contribution in [-0.2, 0) is 16.0 Å².